The predicted molar refractivity (Wildman–Crippen MR) is 109 cm³/mol. The van der Waals surface area contributed by atoms with Gasteiger partial charge in [-0.1, -0.05) is 30.3 Å². The molecule has 2 fully saturated rings. The Kier molecular flexibility index (Phi) is 5.04. The van der Waals surface area contributed by atoms with Crippen molar-refractivity contribution in [2.75, 3.05) is 6.61 Å². The van der Waals surface area contributed by atoms with Crippen LogP contribution in [0, 0.1) is 19.3 Å². The molecule has 3 atom stereocenters. The van der Waals surface area contributed by atoms with Gasteiger partial charge < -0.3 is 10.0 Å². The summed E-state index contributed by atoms with van der Waals surface area (Å²) < 4.78 is 1.89. The van der Waals surface area contributed by atoms with Gasteiger partial charge in [0.25, 0.3) is 0 Å². The molecule has 150 valence electrons. The number of aromatic nitrogens is 2. The highest BCUT2D eigenvalue weighted by Gasteiger charge is 2.56. The van der Waals surface area contributed by atoms with E-state index in [1.54, 1.807) is 0 Å². The fraction of sp³-hybridized carbons (Fsp3) is 0.565. The number of benzene rings is 1. The zero-order valence-corrected chi connectivity index (χ0v) is 17.2. The first-order valence-corrected chi connectivity index (χ1v) is 10.4. The summed E-state index contributed by atoms with van der Waals surface area (Å²) in [5.41, 5.74) is 4.41. The molecule has 0 unspecified atom stereocenters. The summed E-state index contributed by atoms with van der Waals surface area (Å²) in [7, 11) is 1.95. The van der Waals surface area contributed by atoms with Crippen molar-refractivity contribution in [3.05, 3.63) is 52.8 Å². The summed E-state index contributed by atoms with van der Waals surface area (Å²) in [5.74, 6) is 0.235. The standard InChI is InChI=1S/C23H31N3O2/c1-16-20(17(2)25(3)24-16)10-12-22(28)26-19-9-11-21(26)23(14-19,15-27)13-18-7-5-4-6-8-18/h4-8,19,21,27H,9-15H2,1-3H3/t19-,21+,23-/m0/s1. The van der Waals surface area contributed by atoms with E-state index in [1.165, 1.54) is 11.1 Å². The van der Waals surface area contributed by atoms with E-state index >= 15 is 0 Å². The minimum atomic E-state index is -0.194. The fourth-order valence-corrected chi connectivity index (χ4v) is 5.63. The Balaban J connectivity index is 1.48. The first-order chi connectivity index (χ1) is 13.4. The molecule has 2 aliphatic heterocycles. The maximum absolute atomic E-state index is 13.2. The molecule has 0 aliphatic carbocycles. The van der Waals surface area contributed by atoms with Crippen LogP contribution in [-0.2, 0) is 24.7 Å². The van der Waals surface area contributed by atoms with Gasteiger partial charge in [0, 0.05) is 36.7 Å². The molecule has 28 heavy (non-hydrogen) atoms. The van der Waals surface area contributed by atoms with Crippen LogP contribution in [0.15, 0.2) is 30.3 Å². The molecule has 2 saturated heterocycles. The molecular weight excluding hydrogens is 350 g/mol. The Labute approximate surface area is 167 Å². The summed E-state index contributed by atoms with van der Waals surface area (Å²) in [4.78, 5) is 15.3. The van der Waals surface area contributed by atoms with E-state index in [1.807, 2.05) is 24.7 Å². The van der Waals surface area contributed by atoms with E-state index in [0.717, 1.165) is 43.5 Å². The zero-order chi connectivity index (χ0) is 19.9. The number of carbonyl (C=O) groups is 1. The summed E-state index contributed by atoms with van der Waals surface area (Å²) >= 11 is 0. The van der Waals surface area contributed by atoms with Crippen LogP contribution in [0.4, 0.5) is 0 Å². The van der Waals surface area contributed by atoms with E-state index < -0.39 is 0 Å². The van der Waals surface area contributed by atoms with Gasteiger partial charge in [-0.05, 0) is 57.1 Å². The second kappa shape index (κ2) is 7.36. The number of amides is 1. The molecule has 1 N–H and O–H groups in total. The second-order valence-electron chi connectivity index (χ2n) is 8.71. The lowest BCUT2D eigenvalue weighted by Crippen LogP contribution is -2.44. The molecule has 0 saturated carbocycles. The molecule has 2 aromatic rings. The molecule has 3 heterocycles. The van der Waals surface area contributed by atoms with Crippen LogP contribution in [-0.4, -0.2) is 44.4 Å². The molecule has 4 rings (SSSR count). The van der Waals surface area contributed by atoms with Crippen LogP contribution in [0.2, 0.25) is 0 Å². The topological polar surface area (TPSA) is 58.4 Å². The van der Waals surface area contributed by atoms with Gasteiger partial charge in [0.2, 0.25) is 5.91 Å². The van der Waals surface area contributed by atoms with Crippen molar-refractivity contribution in [1.82, 2.24) is 14.7 Å². The minimum Gasteiger partial charge on any atom is -0.396 e. The van der Waals surface area contributed by atoms with Crippen LogP contribution in [0.1, 0.15) is 48.2 Å². The van der Waals surface area contributed by atoms with Crippen molar-refractivity contribution >= 4 is 5.91 Å². The Morgan fingerprint density at radius 3 is 2.64 bits per heavy atom. The number of aliphatic hydroxyl groups is 1. The highest BCUT2D eigenvalue weighted by atomic mass is 16.3. The monoisotopic (exact) mass is 381 g/mol. The van der Waals surface area contributed by atoms with Crippen molar-refractivity contribution in [2.24, 2.45) is 12.5 Å². The maximum atomic E-state index is 13.2. The van der Waals surface area contributed by atoms with Crippen LogP contribution in [0.25, 0.3) is 0 Å². The number of aryl methyl sites for hydroxylation is 2. The van der Waals surface area contributed by atoms with Gasteiger partial charge in [0.1, 0.15) is 0 Å². The van der Waals surface area contributed by atoms with Crippen molar-refractivity contribution in [1.29, 1.82) is 0 Å². The summed E-state index contributed by atoms with van der Waals surface area (Å²) in [6, 6.07) is 10.8. The molecule has 0 radical (unpaired) electrons. The Bertz CT molecular complexity index is 860. The van der Waals surface area contributed by atoms with E-state index in [9.17, 15) is 9.90 Å². The minimum absolute atomic E-state index is 0.146. The summed E-state index contributed by atoms with van der Waals surface area (Å²) in [6.07, 6.45) is 5.10. The van der Waals surface area contributed by atoms with Crippen LogP contribution in [0.3, 0.4) is 0 Å². The highest BCUT2D eigenvalue weighted by molar-refractivity contribution is 5.78. The number of aliphatic hydroxyl groups excluding tert-OH is 1. The maximum Gasteiger partial charge on any atom is 0.223 e. The van der Waals surface area contributed by atoms with Gasteiger partial charge in [-0.15, -0.1) is 0 Å². The molecule has 2 bridgehead atoms. The van der Waals surface area contributed by atoms with Gasteiger partial charge in [-0.2, -0.15) is 5.10 Å². The third-order valence-electron chi connectivity index (χ3n) is 7.10. The van der Waals surface area contributed by atoms with Gasteiger partial charge in [-0.3, -0.25) is 9.48 Å². The van der Waals surface area contributed by atoms with Gasteiger partial charge in [-0.25, -0.2) is 0 Å². The zero-order valence-electron chi connectivity index (χ0n) is 17.2. The molecule has 2 aliphatic rings. The van der Waals surface area contributed by atoms with Crippen LogP contribution < -0.4 is 0 Å². The molecule has 1 aromatic heterocycles. The van der Waals surface area contributed by atoms with Crippen molar-refractivity contribution in [2.45, 2.75) is 64.5 Å². The molecule has 5 heteroatoms. The van der Waals surface area contributed by atoms with Gasteiger partial charge >= 0.3 is 0 Å². The normalized spacial score (nSPS) is 26.2. The third kappa shape index (κ3) is 3.16. The molecular formula is C23H31N3O2. The Hall–Kier alpha value is -2.14. The molecule has 1 aromatic carbocycles. The lowest BCUT2D eigenvalue weighted by molar-refractivity contribution is -0.133. The number of nitrogens with zero attached hydrogens (tertiary/aromatic N) is 3. The fourth-order valence-electron chi connectivity index (χ4n) is 5.63. The summed E-state index contributed by atoms with van der Waals surface area (Å²) in [6.45, 7) is 4.23. The first kappa shape index (κ1) is 19.2. The van der Waals surface area contributed by atoms with Crippen LogP contribution in [0.5, 0.6) is 0 Å². The van der Waals surface area contributed by atoms with Crippen molar-refractivity contribution in [3.63, 3.8) is 0 Å². The van der Waals surface area contributed by atoms with Crippen molar-refractivity contribution in [3.8, 4) is 0 Å². The lowest BCUT2D eigenvalue weighted by Gasteiger charge is -2.36. The molecule has 0 spiro atoms. The Morgan fingerprint density at radius 1 is 1.25 bits per heavy atom. The molecule has 1 amide bonds. The van der Waals surface area contributed by atoms with Crippen molar-refractivity contribution < 1.29 is 9.90 Å². The summed E-state index contributed by atoms with van der Waals surface area (Å²) in [5, 5.41) is 14.8. The number of carbonyl (C=O) groups excluding carboxylic acids is 1. The van der Waals surface area contributed by atoms with Crippen LogP contribution >= 0.6 is 0 Å². The number of rotatable bonds is 6. The van der Waals surface area contributed by atoms with E-state index in [0.29, 0.717) is 6.42 Å². The van der Waals surface area contributed by atoms with Gasteiger partial charge in [0.05, 0.1) is 12.3 Å². The quantitative estimate of drug-likeness (QED) is 0.837. The van der Waals surface area contributed by atoms with E-state index in [4.69, 9.17) is 0 Å². The Morgan fingerprint density at radius 2 is 2.00 bits per heavy atom. The van der Waals surface area contributed by atoms with Gasteiger partial charge in [0.15, 0.2) is 0 Å². The second-order valence-corrected chi connectivity index (χ2v) is 8.71. The third-order valence-corrected chi connectivity index (χ3v) is 7.10. The molecule has 5 nitrogen and oxygen atoms in total. The highest BCUT2D eigenvalue weighted by Crippen LogP contribution is 2.51. The predicted octanol–water partition coefficient (Wildman–Crippen LogP) is 2.95. The lowest BCUT2D eigenvalue weighted by atomic mass is 9.70. The largest absolute Gasteiger partial charge is 0.396 e. The number of fused-ring (bicyclic) bond motifs is 2. The smallest absolute Gasteiger partial charge is 0.223 e. The number of hydrogen-bond donors (Lipinski definition) is 1. The van der Waals surface area contributed by atoms with E-state index in [2.05, 4.69) is 41.2 Å². The first-order valence-electron chi connectivity index (χ1n) is 10.4. The average molecular weight is 382 g/mol. The SMILES string of the molecule is Cc1nn(C)c(C)c1CCC(=O)N1[C@H]2CC[C@@H]1[C@@](CO)(Cc1ccccc1)C2. The average Bonchev–Trinajstić information content (AvgIpc) is 3.31. The van der Waals surface area contributed by atoms with E-state index in [-0.39, 0.29) is 30.0 Å². The number of hydrogen-bond acceptors (Lipinski definition) is 3.